The molecule has 0 aromatic heterocycles. The summed E-state index contributed by atoms with van der Waals surface area (Å²) in [5.74, 6) is 0.373. The third-order valence-electron chi connectivity index (χ3n) is 3.83. The number of carbonyl (C=O) groups is 1. The molecule has 2 rings (SSSR count). The summed E-state index contributed by atoms with van der Waals surface area (Å²) in [6, 6.07) is 10.9. The highest BCUT2D eigenvalue weighted by molar-refractivity contribution is 6.34. The molecule has 132 valence electrons. The second kappa shape index (κ2) is 7.98. The summed E-state index contributed by atoms with van der Waals surface area (Å²) in [7, 11) is 1.58. The molecule has 0 bridgehead atoms. The Hall–Kier alpha value is -2.60. The molecule has 0 saturated carbocycles. The normalized spacial score (nSPS) is 11.9. The number of carbonyl (C=O) groups excluding carboxylic acids is 1. The topological polar surface area (TPSA) is 81.5 Å². The minimum absolute atomic E-state index is 0.0787. The molecule has 0 spiro atoms. The molecule has 1 N–H and O–H groups in total. The summed E-state index contributed by atoms with van der Waals surface area (Å²) < 4.78 is 5.14. The lowest BCUT2D eigenvalue weighted by atomic mass is 9.95. The molecule has 0 fully saturated rings. The van der Waals surface area contributed by atoms with E-state index in [4.69, 9.17) is 16.3 Å². The van der Waals surface area contributed by atoms with E-state index in [1.807, 2.05) is 38.1 Å². The number of benzene rings is 2. The van der Waals surface area contributed by atoms with Gasteiger partial charge in [0.1, 0.15) is 5.75 Å². The average Bonchev–Trinajstić information content (AvgIpc) is 2.59. The van der Waals surface area contributed by atoms with Gasteiger partial charge in [0.05, 0.1) is 28.7 Å². The Morgan fingerprint density at radius 2 is 1.84 bits per heavy atom. The number of amides is 1. The molecule has 25 heavy (non-hydrogen) atoms. The van der Waals surface area contributed by atoms with Crippen LogP contribution < -0.4 is 10.1 Å². The van der Waals surface area contributed by atoms with Crippen molar-refractivity contribution in [3.63, 3.8) is 0 Å². The van der Waals surface area contributed by atoms with Crippen molar-refractivity contribution in [2.24, 2.45) is 5.92 Å². The number of non-ortho nitro benzene ring substituents is 1. The number of hydrogen-bond acceptors (Lipinski definition) is 4. The summed E-state index contributed by atoms with van der Waals surface area (Å²) in [4.78, 5) is 23.0. The highest BCUT2D eigenvalue weighted by atomic mass is 35.5. The Bertz CT molecular complexity index is 775. The highest BCUT2D eigenvalue weighted by Crippen LogP contribution is 2.26. The number of nitro benzene ring substituents is 1. The molecule has 2 aromatic carbocycles. The van der Waals surface area contributed by atoms with Gasteiger partial charge in [-0.3, -0.25) is 14.9 Å². The number of methoxy groups -OCH3 is 1. The first kappa shape index (κ1) is 18.7. The lowest BCUT2D eigenvalue weighted by molar-refractivity contribution is -0.384. The monoisotopic (exact) mass is 362 g/mol. The zero-order chi connectivity index (χ0) is 18.6. The molecule has 0 radical (unpaired) electrons. The molecular weight excluding hydrogens is 344 g/mol. The van der Waals surface area contributed by atoms with E-state index < -0.39 is 10.8 Å². The van der Waals surface area contributed by atoms with Crippen molar-refractivity contribution in [1.29, 1.82) is 0 Å². The van der Waals surface area contributed by atoms with Crippen LogP contribution in [0, 0.1) is 16.0 Å². The molecule has 0 saturated heterocycles. The first-order chi connectivity index (χ1) is 11.8. The van der Waals surface area contributed by atoms with E-state index in [1.165, 1.54) is 18.2 Å². The first-order valence-corrected chi connectivity index (χ1v) is 8.10. The Morgan fingerprint density at radius 1 is 1.20 bits per heavy atom. The molecule has 2 aromatic rings. The maximum atomic E-state index is 12.6. The number of nitrogens with zero attached hydrogens (tertiary/aromatic N) is 1. The molecule has 6 nitrogen and oxygen atoms in total. The standard InChI is InChI=1S/C18H19ClN2O4/c1-11(2)17(12-4-7-14(25-3)8-5-12)20-18(22)15-10-13(21(23)24)6-9-16(15)19/h4-11,17H,1-3H3,(H,20,22). The summed E-state index contributed by atoms with van der Waals surface area (Å²) in [6.45, 7) is 3.95. The minimum atomic E-state index is -0.559. The predicted molar refractivity (Wildman–Crippen MR) is 96.1 cm³/mol. The van der Waals surface area contributed by atoms with Crippen LogP contribution in [0.1, 0.15) is 35.8 Å². The fourth-order valence-electron chi connectivity index (χ4n) is 2.47. The number of rotatable bonds is 6. The molecule has 0 heterocycles. The van der Waals surface area contributed by atoms with E-state index >= 15 is 0 Å². The van der Waals surface area contributed by atoms with E-state index in [2.05, 4.69) is 5.32 Å². The smallest absolute Gasteiger partial charge is 0.270 e. The predicted octanol–water partition coefficient (Wildman–Crippen LogP) is 4.38. The van der Waals surface area contributed by atoms with Crippen LogP contribution in [0.3, 0.4) is 0 Å². The number of hydrogen-bond donors (Lipinski definition) is 1. The number of halogens is 1. The zero-order valence-electron chi connectivity index (χ0n) is 14.2. The van der Waals surface area contributed by atoms with Crippen molar-refractivity contribution >= 4 is 23.2 Å². The van der Waals surface area contributed by atoms with E-state index in [1.54, 1.807) is 7.11 Å². The van der Waals surface area contributed by atoms with Gasteiger partial charge in [0.25, 0.3) is 11.6 Å². The van der Waals surface area contributed by atoms with Crippen LogP contribution in [0.25, 0.3) is 0 Å². The zero-order valence-corrected chi connectivity index (χ0v) is 14.9. The largest absolute Gasteiger partial charge is 0.497 e. The van der Waals surface area contributed by atoms with Crippen molar-refractivity contribution in [3.8, 4) is 5.75 Å². The van der Waals surface area contributed by atoms with Crippen LogP contribution in [0.4, 0.5) is 5.69 Å². The molecule has 0 aliphatic carbocycles. The highest BCUT2D eigenvalue weighted by Gasteiger charge is 2.22. The van der Waals surface area contributed by atoms with Crippen LogP contribution in [0.2, 0.25) is 5.02 Å². The van der Waals surface area contributed by atoms with Gasteiger partial charge < -0.3 is 10.1 Å². The van der Waals surface area contributed by atoms with Gasteiger partial charge in [0, 0.05) is 12.1 Å². The minimum Gasteiger partial charge on any atom is -0.497 e. The summed E-state index contributed by atoms with van der Waals surface area (Å²) in [5.41, 5.74) is 0.806. The first-order valence-electron chi connectivity index (χ1n) is 7.72. The maximum Gasteiger partial charge on any atom is 0.270 e. The van der Waals surface area contributed by atoms with Crippen molar-refractivity contribution in [1.82, 2.24) is 5.32 Å². The Labute approximate surface area is 150 Å². The van der Waals surface area contributed by atoms with Gasteiger partial charge in [-0.15, -0.1) is 0 Å². The summed E-state index contributed by atoms with van der Waals surface area (Å²) in [5, 5.41) is 14.0. The maximum absolute atomic E-state index is 12.6. The molecule has 1 unspecified atom stereocenters. The number of nitro groups is 1. The molecule has 0 aliphatic heterocycles. The van der Waals surface area contributed by atoms with Gasteiger partial charge >= 0.3 is 0 Å². The van der Waals surface area contributed by atoms with Gasteiger partial charge in [-0.2, -0.15) is 0 Å². The van der Waals surface area contributed by atoms with E-state index in [0.29, 0.717) is 0 Å². The van der Waals surface area contributed by atoms with Crippen molar-refractivity contribution in [3.05, 3.63) is 68.7 Å². The number of ether oxygens (including phenoxy) is 1. The van der Waals surface area contributed by atoms with Gasteiger partial charge in [-0.05, 0) is 29.7 Å². The third-order valence-corrected chi connectivity index (χ3v) is 4.16. The third kappa shape index (κ3) is 4.48. The van der Waals surface area contributed by atoms with E-state index in [-0.39, 0.29) is 28.2 Å². The SMILES string of the molecule is COc1ccc(C(NC(=O)c2cc([N+](=O)[O-])ccc2Cl)C(C)C)cc1. The second-order valence-corrected chi connectivity index (χ2v) is 6.30. The van der Waals surface area contributed by atoms with Crippen LogP contribution >= 0.6 is 11.6 Å². The van der Waals surface area contributed by atoms with Crippen LogP contribution in [0.15, 0.2) is 42.5 Å². The fourth-order valence-corrected chi connectivity index (χ4v) is 2.67. The van der Waals surface area contributed by atoms with Crippen molar-refractivity contribution in [2.45, 2.75) is 19.9 Å². The summed E-state index contributed by atoms with van der Waals surface area (Å²) >= 11 is 6.04. The molecule has 7 heteroatoms. The van der Waals surface area contributed by atoms with Gasteiger partial charge in [-0.1, -0.05) is 37.6 Å². The molecule has 1 atom stereocenters. The van der Waals surface area contributed by atoms with E-state index in [9.17, 15) is 14.9 Å². The van der Waals surface area contributed by atoms with Crippen LogP contribution in [0.5, 0.6) is 5.75 Å². The Kier molecular flexibility index (Phi) is 5.98. The molecular formula is C18H19ClN2O4. The number of nitrogens with one attached hydrogen (secondary N) is 1. The Balaban J connectivity index is 2.28. The van der Waals surface area contributed by atoms with Crippen molar-refractivity contribution < 1.29 is 14.5 Å². The van der Waals surface area contributed by atoms with Crippen LogP contribution in [-0.4, -0.2) is 17.9 Å². The summed E-state index contributed by atoms with van der Waals surface area (Å²) in [6.07, 6.45) is 0. The molecule has 0 aliphatic rings. The Morgan fingerprint density at radius 3 is 2.36 bits per heavy atom. The lowest BCUT2D eigenvalue weighted by Crippen LogP contribution is -2.32. The van der Waals surface area contributed by atoms with Gasteiger partial charge in [-0.25, -0.2) is 0 Å². The van der Waals surface area contributed by atoms with Gasteiger partial charge in [0.15, 0.2) is 0 Å². The lowest BCUT2D eigenvalue weighted by Gasteiger charge is -2.23. The quantitative estimate of drug-likeness (QED) is 0.610. The van der Waals surface area contributed by atoms with Gasteiger partial charge in [0.2, 0.25) is 0 Å². The second-order valence-electron chi connectivity index (χ2n) is 5.89. The van der Waals surface area contributed by atoms with Crippen molar-refractivity contribution in [2.75, 3.05) is 7.11 Å². The van der Waals surface area contributed by atoms with E-state index in [0.717, 1.165) is 11.3 Å². The van der Waals surface area contributed by atoms with Crippen LogP contribution in [-0.2, 0) is 0 Å². The average molecular weight is 363 g/mol. The molecule has 1 amide bonds. The fraction of sp³-hybridized carbons (Fsp3) is 0.278.